The third-order valence-electron chi connectivity index (χ3n) is 0.613. The van der Waals surface area contributed by atoms with Gasteiger partial charge in [-0.2, -0.15) is 0 Å². The van der Waals surface area contributed by atoms with Crippen molar-refractivity contribution in [3.8, 4) is 0 Å². The second kappa shape index (κ2) is 4.55. The molecule has 0 saturated heterocycles. The van der Waals surface area contributed by atoms with Crippen LogP contribution >= 0.6 is 22.6 Å². The van der Waals surface area contributed by atoms with Crippen molar-refractivity contribution in [1.82, 2.24) is 0 Å². The number of allylic oxidation sites excluding steroid dienone is 4. The molecule has 0 fully saturated rings. The van der Waals surface area contributed by atoms with Gasteiger partial charge in [-0.1, -0.05) is 6.58 Å². The molecule has 9 heavy (non-hydrogen) atoms. The first kappa shape index (κ1) is 8.68. The maximum absolute atomic E-state index is 12.1. The molecular weight excluding hydrogens is 232 g/mol. The average Bonchev–Trinajstić information content (AvgIpc) is 1.82. The molecule has 0 heterocycles. The standard InChI is InChI=1S/C6H7FIN/c1-5(7)6(8)3-2-4-9/h2-4H,1,9H2/b4-2-,6-3+. The maximum Gasteiger partial charge on any atom is 0.129 e. The van der Waals surface area contributed by atoms with Crippen molar-refractivity contribution >= 4 is 22.6 Å². The first-order valence-corrected chi connectivity index (χ1v) is 3.35. The minimum absolute atomic E-state index is 0.436. The van der Waals surface area contributed by atoms with Crippen LogP contribution in [0.5, 0.6) is 0 Å². The molecule has 2 N–H and O–H groups in total. The van der Waals surface area contributed by atoms with Gasteiger partial charge in [-0.15, -0.1) is 0 Å². The Bertz CT molecular complexity index is 160. The van der Waals surface area contributed by atoms with E-state index in [1.54, 1.807) is 12.2 Å². The van der Waals surface area contributed by atoms with Crippen molar-refractivity contribution in [2.75, 3.05) is 0 Å². The van der Waals surface area contributed by atoms with Crippen molar-refractivity contribution in [3.63, 3.8) is 0 Å². The van der Waals surface area contributed by atoms with E-state index in [0.717, 1.165) is 0 Å². The Hall–Kier alpha value is -0.320. The molecule has 3 heteroatoms. The van der Waals surface area contributed by atoms with Gasteiger partial charge in [0.05, 0.1) is 0 Å². The summed E-state index contributed by atoms with van der Waals surface area (Å²) >= 11 is 1.83. The smallest absolute Gasteiger partial charge is 0.129 e. The van der Waals surface area contributed by atoms with E-state index in [1.807, 2.05) is 22.6 Å². The van der Waals surface area contributed by atoms with E-state index < -0.39 is 5.83 Å². The molecular formula is C6H7FIN. The zero-order valence-electron chi connectivity index (χ0n) is 4.77. The highest BCUT2D eigenvalue weighted by Gasteiger charge is 1.90. The Labute approximate surface area is 67.3 Å². The lowest BCUT2D eigenvalue weighted by molar-refractivity contribution is 0.670. The van der Waals surface area contributed by atoms with Crippen LogP contribution in [0.1, 0.15) is 0 Å². The number of nitrogens with two attached hydrogens (primary N) is 1. The summed E-state index contributed by atoms with van der Waals surface area (Å²) in [6.07, 6.45) is 4.43. The summed E-state index contributed by atoms with van der Waals surface area (Å²) in [7, 11) is 0. The second-order valence-corrected chi connectivity index (χ2v) is 2.47. The van der Waals surface area contributed by atoms with Crippen molar-refractivity contribution in [1.29, 1.82) is 0 Å². The lowest BCUT2D eigenvalue weighted by atomic mass is 10.4. The third kappa shape index (κ3) is 4.20. The van der Waals surface area contributed by atoms with Crippen LogP contribution in [0.3, 0.4) is 0 Å². The van der Waals surface area contributed by atoms with Crippen LogP contribution in [0.2, 0.25) is 0 Å². The van der Waals surface area contributed by atoms with Crippen LogP contribution in [-0.2, 0) is 0 Å². The minimum atomic E-state index is -0.436. The Morgan fingerprint density at radius 1 is 1.67 bits per heavy atom. The zero-order valence-corrected chi connectivity index (χ0v) is 6.93. The molecule has 0 spiro atoms. The van der Waals surface area contributed by atoms with E-state index in [4.69, 9.17) is 5.73 Å². The summed E-state index contributed by atoms with van der Waals surface area (Å²) in [6.45, 7) is 3.09. The normalized spacial score (nSPS) is 12.4. The van der Waals surface area contributed by atoms with Gasteiger partial charge in [0.2, 0.25) is 0 Å². The molecule has 0 amide bonds. The summed E-state index contributed by atoms with van der Waals surface area (Å²) in [4.78, 5) is 0. The molecule has 0 aliphatic heterocycles. The summed E-state index contributed by atoms with van der Waals surface area (Å²) in [6, 6.07) is 0. The predicted octanol–water partition coefficient (Wildman–Crippen LogP) is 2.26. The van der Waals surface area contributed by atoms with Crippen LogP contribution in [0.4, 0.5) is 4.39 Å². The van der Waals surface area contributed by atoms with Gasteiger partial charge >= 0.3 is 0 Å². The molecule has 1 nitrogen and oxygen atoms in total. The van der Waals surface area contributed by atoms with E-state index in [2.05, 4.69) is 6.58 Å². The van der Waals surface area contributed by atoms with E-state index in [9.17, 15) is 4.39 Å². The molecule has 0 aromatic carbocycles. The molecule has 0 aliphatic rings. The molecule has 0 rings (SSSR count). The van der Waals surface area contributed by atoms with Gasteiger partial charge in [-0.25, -0.2) is 4.39 Å². The van der Waals surface area contributed by atoms with Crippen molar-refractivity contribution in [2.24, 2.45) is 5.73 Å². The number of halogens is 2. The fraction of sp³-hybridized carbons (Fsp3) is 0. The van der Waals surface area contributed by atoms with Gasteiger partial charge in [0, 0.05) is 3.58 Å². The SMILES string of the molecule is C=C(F)/C(I)=C\C=C/N. The molecule has 0 atom stereocenters. The highest BCUT2D eigenvalue weighted by Crippen LogP contribution is 2.16. The van der Waals surface area contributed by atoms with Gasteiger partial charge in [0.1, 0.15) is 5.83 Å². The van der Waals surface area contributed by atoms with Crippen LogP contribution < -0.4 is 5.73 Å². The molecule has 0 aromatic rings. The Kier molecular flexibility index (Phi) is 4.39. The largest absolute Gasteiger partial charge is 0.405 e. The lowest BCUT2D eigenvalue weighted by Crippen LogP contribution is -1.74. The Balaban J connectivity index is 4.00. The molecule has 0 aliphatic carbocycles. The zero-order chi connectivity index (χ0) is 7.28. The Morgan fingerprint density at radius 2 is 2.22 bits per heavy atom. The summed E-state index contributed by atoms with van der Waals surface area (Å²) in [5.41, 5.74) is 5.00. The Morgan fingerprint density at radius 3 is 2.56 bits per heavy atom. The topological polar surface area (TPSA) is 26.0 Å². The summed E-state index contributed by atoms with van der Waals surface area (Å²) in [5, 5.41) is 0. The highest BCUT2D eigenvalue weighted by molar-refractivity contribution is 14.1. The third-order valence-corrected chi connectivity index (χ3v) is 1.56. The molecule has 0 unspecified atom stereocenters. The molecule has 0 bridgehead atoms. The van der Waals surface area contributed by atoms with E-state index in [1.165, 1.54) is 6.20 Å². The summed E-state index contributed by atoms with van der Waals surface area (Å²) in [5.74, 6) is -0.436. The average molecular weight is 239 g/mol. The van der Waals surface area contributed by atoms with Crippen molar-refractivity contribution < 1.29 is 4.39 Å². The van der Waals surface area contributed by atoms with Crippen LogP contribution in [0.25, 0.3) is 0 Å². The van der Waals surface area contributed by atoms with Crippen LogP contribution in [-0.4, -0.2) is 0 Å². The molecule has 0 aromatic heterocycles. The van der Waals surface area contributed by atoms with Crippen LogP contribution in [0, 0.1) is 0 Å². The molecule has 0 saturated carbocycles. The minimum Gasteiger partial charge on any atom is -0.405 e. The summed E-state index contributed by atoms with van der Waals surface area (Å²) < 4.78 is 12.5. The highest BCUT2D eigenvalue weighted by atomic mass is 127. The van der Waals surface area contributed by atoms with Gasteiger partial charge in [0.15, 0.2) is 0 Å². The maximum atomic E-state index is 12.1. The number of hydrogen-bond donors (Lipinski definition) is 1. The number of rotatable bonds is 2. The fourth-order valence-electron chi connectivity index (χ4n) is 0.230. The molecule has 0 radical (unpaired) electrons. The van der Waals surface area contributed by atoms with E-state index in [0.29, 0.717) is 3.58 Å². The first-order chi connectivity index (χ1) is 4.18. The lowest BCUT2D eigenvalue weighted by Gasteiger charge is -1.86. The van der Waals surface area contributed by atoms with Gasteiger partial charge in [0.25, 0.3) is 0 Å². The van der Waals surface area contributed by atoms with E-state index >= 15 is 0 Å². The predicted molar refractivity (Wildman–Crippen MR) is 45.7 cm³/mol. The first-order valence-electron chi connectivity index (χ1n) is 2.27. The van der Waals surface area contributed by atoms with Gasteiger partial charge < -0.3 is 5.73 Å². The molecule has 50 valence electrons. The monoisotopic (exact) mass is 239 g/mol. The van der Waals surface area contributed by atoms with Crippen LogP contribution in [0.15, 0.2) is 34.3 Å². The van der Waals surface area contributed by atoms with Gasteiger partial charge in [-0.05, 0) is 40.9 Å². The second-order valence-electron chi connectivity index (χ2n) is 1.30. The van der Waals surface area contributed by atoms with Crippen molar-refractivity contribution in [3.05, 3.63) is 34.3 Å². The van der Waals surface area contributed by atoms with Gasteiger partial charge in [-0.3, -0.25) is 0 Å². The quantitative estimate of drug-likeness (QED) is 0.580. The van der Waals surface area contributed by atoms with Crippen molar-refractivity contribution in [2.45, 2.75) is 0 Å². The van der Waals surface area contributed by atoms with E-state index in [-0.39, 0.29) is 0 Å². The number of hydrogen-bond acceptors (Lipinski definition) is 1. The fourth-order valence-corrected chi connectivity index (χ4v) is 0.438.